The summed E-state index contributed by atoms with van der Waals surface area (Å²) in [7, 11) is 3.96. The van der Waals surface area contributed by atoms with Crippen molar-refractivity contribution in [3.8, 4) is 0 Å². The van der Waals surface area contributed by atoms with E-state index in [1.165, 1.54) is 0 Å². The van der Waals surface area contributed by atoms with Crippen LogP contribution in [0.3, 0.4) is 0 Å². The van der Waals surface area contributed by atoms with E-state index < -0.39 is 0 Å². The third kappa shape index (κ3) is 4.62. The summed E-state index contributed by atoms with van der Waals surface area (Å²) in [5.41, 5.74) is 0. The van der Waals surface area contributed by atoms with Crippen LogP contribution in [0.2, 0.25) is 0 Å². The Balaban J connectivity index is 4.41. The third-order valence-corrected chi connectivity index (χ3v) is 4.28. The lowest BCUT2D eigenvalue weighted by Crippen LogP contribution is -3.50. The number of nitrogens with zero attached hydrogens (tertiary/aromatic N) is 2. The van der Waals surface area contributed by atoms with Crippen LogP contribution in [-0.2, 0) is 0 Å². The van der Waals surface area contributed by atoms with Gasteiger partial charge in [0.05, 0.1) is 5.84 Å². The molecule has 0 spiro atoms. The van der Waals surface area contributed by atoms with E-state index in [-0.39, 0.29) is 20.6 Å². The number of aliphatic imine (C=N–C) groups is 1. The quantitative estimate of drug-likeness (QED) is 0.325. The van der Waals surface area contributed by atoms with Crippen molar-refractivity contribution in [2.24, 2.45) is 4.99 Å². The Labute approximate surface area is 81.7 Å². The van der Waals surface area contributed by atoms with Crippen molar-refractivity contribution in [1.82, 2.24) is 4.90 Å². The molecule has 0 saturated carbocycles. The van der Waals surface area contributed by atoms with Gasteiger partial charge in [-0.1, -0.05) is 0 Å². The van der Waals surface area contributed by atoms with Crippen LogP contribution in [0, 0.1) is 0 Å². The molecule has 5 heteroatoms. The van der Waals surface area contributed by atoms with Crippen LogP contribution in [0.25, 0.3) is 0 Å². The molecule has 2 N–H and O–H groups in total. The van der Waals surface area contributed by atoms with E-state index in [4.69, 9.17) is 3.56 Å². The van der Waals surface area contributed by atoms with Crippen LogP contribution in [0.15, 0.2) is 4.99 Å². The highest BCUT2D eigenvalue weighted by atomic mass is 127. The van der Waals surface area contributed by atoms with Gasteiger partial charge < -0.3 is 8.46 Å². The van der Waals surface area contributed by atoms with Crippen LogP contribution < -0.4 is 24.1 Å². The number of rotatable bonds is 2. The van der Waals surface area contributed by atoms with Gasteiger partial charge in [0.2, 0.25) is 0 Å². The highest BCUT2D eigenvalue weighted by Gasteiger charge is 1.90. The second kappa shape index (κ2) is 5.82. The zero-order chi connectivity index (χ0) is 8.85. The molecule has 0 radical (unpaired) electrons. The summed E-state index contributed by atoms with van der Waals surface area (Å²) in [6.07, 6.45) is 2.01. The average Bonchev–Trinajstić information content (AvgIpc) is 1.99. The molecule has 0 amide bonds. The van der Waals surface area contributed by atoms with Gasteiger partial charge in [-0.15, -0.1) is 11.8 Å². The van der Waals surface area contributed by atoms with E-state index in [9.17, 15) is 0 Å². The summed E-state index contributed by atoms with van der Waals surface area (Å²) in [6, 6.07) is 0. The monoisotopic (exact) mass is 287 g/mol. The molecular formula is C6H14IN3S. The molecule has 0 fully saturated rings. The maximum Gasteiger partial charge on any atom is 0.0991 e. The molecule has 0 atom stereocenters. The van der Waals surface area contributed by atoms with Crippen molar-refractivity contribution >= 4 is 20.6 Å². The third-order valence-electron chi connectivity index (χ3n) is 1.16. The zero-order valence-electron chi connectivity index (χ0n) is 7.26. The van der Waals surface area contributed by atoms with E-state index in [0.717, 1.165) is 8.80 Å². The lowest BCUT2D eigenvalue weighted by Gasteiger charge is -2.12. The van der Waals surface area contributed by atoms with Crippen LogP contribution in [0.5, 0.6) is 0 Å². The molecule has 0 aromatic carbocycles. The molecule has 0 heterocycles. The molecule has 11 heavy (non-hydrogen) atoms. The van der Waals surface area contributed by atoms with Gasteiger partial charge in [0.25, 0.3) is 0 Å². The van der Waals surface area contributed by atoms with Gasteiger partial charge in [0.1, 0.15) is 0 Å². The first-order valence-electron chi connectivity index (χ1n) is 3.08. The lowest BCUT2D eigenvalue weighted by molar-refractivity contribution is -0.756. The van der Waals surface area contributed by atoms with Crippen LogP contribution in [-0.4, -0.2) is 34.1 Å². The number of hydrogen-bond acceptors (Lipinski definition) is 2. The molecule has 3 nitrogen and oxygen atoms in total. The molecule has 0 aliphatic rings. The first-order chi connectivity index (χ1) is 5.11. The highest BCUT2D eigenvalue weighted by molar-refractivity contribution is 8.13. The van der Waals surface area contributed by atoms with Gasteiger partial charge >= 0.3 is 0 Å². The van der Waals surface area contributed by atoms with E-state index in [1.54, 1.807) is 11.8 Å². The summed E-state index contributed by atoms with van der Waals surface area (Å²) in [5.74, 6) is 1.01. The summed E-state index contributed by atoms with van der Waals surface area (Å²) in [5, 5.41) is 0. The van der Waals surface area contributed by atoms with E-state index in [1.807, 2.05) is 32.2 Å². The van der Waals surface area contributed by atoms with Gasteiger partial charge in [-0.2, -0.15) is 0 Å². The standard InChI is InChI=1S/C6H14IN3S/c1-5(10(2)3)9-6(7-8)11-4/h8H2,1-4H3/b9-5-. The largest absolute Gasteiger partial charge is 0.405 e. The molecule has 66 valence electrons. The fraction of sp³-hybridized carbons (Fsp3) is 0.667. The van der Waals surface area contributed by atoms with Gasteiger partial charge in [-0.05, 0) is 13.2 Å². The van der Waals surface area contributed by atoms with E-state index >= 15 is 0 Å². The Morgan fingerprint density at radius 3 is 2.36 bits per heavy atom. The Hall–Kier alpha value is 0.220. The van der Waals surface area contributed by atoms with Crippen LogP contribution >= 0.6 is 11.8 Å². The molecule has 0 unspecified atom stereocenters. The number of amidine groups is 1. The summed E-state index contributed by atoms with van der Waals surface area (Å²) < 4.78 is 6.64. The SMILES string of the molecule is CSC(/N=C(/C)N(C)C)=[I-]=[NH2+]. The maximum absolute atomic E-state index is 5.56. The Bertz CT molecular complexity index is 206. The van der Waals surface area contributed by atoms with Crippen molar-refractivity contribution in [2.75, 3.05) is 20.4 Å². The van der Waals surface area contributed by atoms with Crippen LogP contribution in [0.4, 0.5) is 0 Å². The second-order valence-electron chi connectivity index (χ2n) is 2.12. The molecular weight excluding hydrogens is 273 g/mol. The zero-order valence-corrected chi connectivity index (χ0v) is 10.2. The first kappa shape index (κ1) is 11.2. The van der Waals surface area contributed by atoms with Crippen molar-refractivity contribution < 1.29 is 24.1 Å². The number of hydrogen-bond donors (Lipinski definition) is 1. The Kier molecular flexibility index (Phi) is 5.93. The summed E-state index contributed by atoms with van der Waals surface area (Å²) in [4.78, 5) is 6.34. The molecule has 0 aromatic rings. The predicted octanol–water partition coefficient (Wildman–Crippen LogP) is -3.55. The minimum atomic E-state index is -0.352. The predicted molar refractivity (Wildman–Crippen MR) is 47.2 cm³/mol. The van der Waals surface area contributed by atoms with Crippen LogP contribution in [0.1, 0.15) is 6.92 Å². The number of thioether (sulfide) groups is 1. The van der Waals surface area contributed by atoms with Gasteiger partial charge in [-0.25, -0.2) is 20.6 Å². The summed E-state index contributed by atoms with van der Waals surface area (Å²) in [6.45, 7) is 1.98. The summed E-state index contributed by atoms with van der Waals surface area (Å²) >= 11 is 1.29. The highest BCUT2D eigenvalue weighted by Crippen LogP contribution is 1.93. The molecule has 0 rings (SSSR count). The second-order valence-corrected chi connectivity index (χ2v) is 5.29. The topological polar surface area (TPSA) is 41.2 Å². The molecule has 0 saturated heterocycles. The Morgan fingerprint density at radius 1 is 1.55 bits per heavy atom. The van der Waals surface area contributed by atoms with Gasteiger partial charge in [0, 0.05) is 17.1 Å². The molecule has 0 aliphatic heterocycles. The molecule has 0 bridgehead atoms. The molecule has 0 aliphatic carbocycles. The number of nitrogens with two attached hydrogens (primary N) is 1. The first-order valence-corrected chi connectivity index (χ1v) is 6.63. The van der Waals surface area contributed by atoms with E-state index in [2.05, 4.69) is 4.99 Å². The lowest BCUT2D eigenvalue weighted by atomic mass is 10.6. The minimum absolute atomic E-state index is 0.352. The van der Waals surface area contributed by atoms with Crippen molar-refractivity contribution in [2.45, 2.75) is 6.92 Å². The Morgan fingerprint density at radius 2 is 2.09 bits per heavy atom. The average molecular weight is 287 g/mol. The van der Waals surface area contributed by atoms with E-state index in [0.29, 0.717) is 0 Å². The number of halogens is 1. The molecule has 0 aromatic heterocycles. The smallest absolute Gasteiger partial charge is 0.0991 e. The maximum atomic E-state index is 5.56. The van der Waals surface area contributed by atoms with Crippen molar-refractivity contribution in [3.05, 3.63) is 0 Å². The van der Waals surface area contributed by atoms with Gasteiger partial charge in [0.15, 0.2) is 0 Å². The minimum Gasteiger partial charge on any atom is -0.405 e. The van der Waals surface area contributed by atoms with Crippen molar-refractivity contribution in [3.63, 3.8) is 0 Å². The van der Waals surface area contributed by atoms with Crippen molar-refractivity contribution in [1.29, 1.82) is 0 Å². The van der Waals surface area contributed by atoms with Gasteiger partial charge in [-0.3, -0.25) is 4.99 Å². The fourth-order valence-corrected chi connectivity index (χ4v) is 1.91. The normalized spacial score (nSPS) is 11.5. The fourth-order valence-electron chi connectivity index (χ4n) is 0.342.